The number of hydrogen-bond donors (Lipinski definition) is 2. The van der Waals surface area contributed by atoms with E-state index in [0.29, 0.717) is 16.1 Å². The topological polar surface area (TPSA) is 62.0 Å². The van der Waals surface area contributed by atoms with Crippen molar-refractivity contribution < 1.29 is 4.79 Å². The van der Waals surface area contributed by atoms with Gasteiger partial charge in [0.1, 0.15) is 0 Å². The second-order valence-corrected chi connectivity index (χ2v) is 9.65. The van der Waals surface area contributed by atoms with Gasteiger partial charge in [-0.3, -0.25) is 9.59 Å². The zero-order valence-electron chi connectivity index (χ0n) is 19.9. The molecule has 0 aliphatic carbocycles. The molecule has 0 spiro atoms. The number of aromatic nitrogens is 1. The van der Waals surface area contributed by atoms with Crippen molar-refractivity contribution in [2.24, 2.45) is 0 Å². The fraction of sp³-hybridized carbons (Fsp3) is 0.241. The Balaban J connectivity index is 1.82. The Labute approximate surface area is 205 Å². The number of benzene rings is 3. The summed E-state index contributed by atoms with van der Waals surface area (Å²) in [5.74, 6) is 0.277. The van der Waals surface area contributed by atoms with Gasteiger partial charge in [-0.2, -0.15) is 0 Å². The van der Waals surface area contributed by atoms with Gasteiger partial charge in [-0.05, 0) is 46.7 Å². The lowest BCUT2D eigenvalue weighted by molar-refractivity contribution is -0.115. The van der Waals surface area contributed by atoms with E-state index in [1.165, 1.54) is 0 Å². The Hall–Kier alpha value is -3.37. The number of anilines is 1. The zero-order valence-corrected chi connectivity index (χ0v) is 20.7. The highest BCUT2D eigenvalue weighted by Crippen LogP contribution is 2.34. The average molecular weight is 473 g/mol. The van der Waals surface area contributed by atoms with Crippen LogP contribution in [0.2, 0.25) is 5.02 Å². The minimum Gasteiger partial charge on any atom is -0.325 e. The van der Waals surface area contributed by atoms with Crippen LogP contribution in [-0.4, -0.2) is 10.9 Å². The number of amides is 1. The first-order valence-electron chi connectivity index (χ1n) is 11.6. The molecule has 0 saturated carbocycles. The lowest BCUT2D eigenvalue weighted by atomic mass is 9.92. The van der Waals surface area contributed by atoms with Gasteiger partial charge >= 0.3 is 0 Å². The van der Waals surface area contributed by atoms with E-state index in [0.717, 1.165) is 33.3 Å². The van der Waals surface area contributed by atoms with Crippen LogP contribution in [0.25, 0.3) is 22.0 Å². The molecule has 4 aromatic rings. The summed E-state index contributed by atoms with van der Waals surface area (Å²) in [7, 11) is 0. The summed E-state index contributed by atoms with van der Waals surface area (Å²) in [6, 6.07) is 21.2. The van der Waals surface area contributed by atoms with E-state index < -0.39 is 0 Å². The number of carbonyl (C=O) groups is 1. The van der Waals surface area contributed by atoms with Crippen LogP contribution in [0.5, 0.6) is 0 Å². The summed E-state index contributed by atoms with van der Waals surface area (Å²) in [4.78, 5) is 29.5. The maximum absolute atomic E-state index is 13.4. The summed E-state index contributed by atoms with van der Waals surface area (Å²) in [5.41, 5.74) is 5.46. The Morgan fingerprint density at radius 1 is 0.912 bits per heavy atom. The van der Waals surface area contributed by atoms with Crippen molar-refractivity contribution >= 4 is 34.1 Å². The number of para-hydroxylation sites is 1. The molecule has 5 heteroatoms. The third-order valence-corrected chi connectivity index (χ3v) is 6.35. The second kappa shape index (κ2) is 9.86. The molecular formula is C29H29ClN2O2. The highest BCUT2D eigenvalue weighted by molar-refractivity contribution is 6.31. The number of aromatic amines is 1. The number of halogens is 1. The van der Waals surface area contributed by atoms with Crippen LogP contribution in [0, 0.1) is 0 Å². The fourth-order valence-electron chi connectivity index (χ4n) is 4.45. The number of fused-ring (bicyclic) bond motifs is 1. The zero-order chi connectivity index (χ0) is 24.4. The van der Waals surface area contributed by atoms with Gasteiger partial charge in [0.25, 0.3) is 5.56 Å². The van der Waals surface area contributed by atoms with E-state index >= 15 is 0 Å². The van der Waals surface area contributed by atoms with Crippen molar-refractivity contribution in [3.8, 4) is 11.1 Å². The van der Waals surface area contributed by atoms with Crippen molar-refractivity contribution in [1.29, 1.82) is 0 Å². The van der Waals surface area contributed by atoms with E-state index in [1.54, 1.807) is 12.1 Å². The number of hydrogen-bond acceptors (Lipinski definition) is 2. The lowest BCUT2D eigenvalue weighted by Crippen LogP contribution is -2.23. The van der Waals surface area contributed by atoms with Crippen molar-refractivity contribution in [1.82, 2.24) is 4.98 Å². The van der Waals surface area contributed by atoms with Crippen LogP contribution in [0.15, 0.2) is 71.5 Å². The molecule has 174 valence electrons. The van der Waals surface area contributed by atoms with Crippen molar-refractivity contribution in [3.63, 3.8) is 0 Å². The number of carbonyl (C=O) groups excluding carboxylic acids is 1. The van der Waals surface area contributed by atoms with Crippen LogP contribution >= 0.6 is 11.6 Å². The fourth-order valence-corrected chi connectivity index (χ4v) is 4.62. The molecule has 0 atom stereocenters. The monoisotopic (exact) mass is 472 g/mol. The molecule has 0 saturated heterocycles. The Morgan fingerprint density at radius 2 is 1.56 bits per heavy atom. The largest absolute Gasteiger partial charge is 0.325 e. The second-order valence-electron chi connectivity index (χ2n) is 9.21. The summed E-state index contributed by atoms with van der Waals surface area (Å²) >= 11 is 6.31. The first-order chi connectivity index (χ1) is 16.3. The van der Waals surface area contributed by atoms with Gasteiger partial charge in [0.2, 0.25) is 5.91 Å². The minimum atomic E-state index is -0.273. The van der Waals surface area contributed by atoms with Crippen LogP contribution in [0.4, 0.5) is 5.69 Å². The van der Waals surface area contributed by atoms with E-state index in [-0.39, 0.29) is 29.7 Å². The van der Waals surface area contributed by atoms with Gasteiger partial charge in [-0.1, -0.05) is 87.8 Å². The van der Waals surface area contributed by atoms with Crippen LogP contribution in [0.1, 0.15) is 56.2 Å². The van der Waals surface area contributed by atoms with Crippen molar-refractivity contribution in [2.45, 2.75) is 46.0 Å². The molecular weight excluding hydrogens is 444 g/mol. The van der Waals surface area contributed by atoms with E-state index in [9.17, 15) is 9.59 Å². The number of nitrogens with one attached hydrogen (secondary N) is 2. The van der Waals surface area contributed by atoms with Gasteiger partial charge in [0.15, 0.2) is 0 Å². The summed E-state index contributed by atoms with van der Waals surface area (Å²) in [6.07, 6.45) is -0.0496. The van der Waals surface area contributed by atoms with Crippen molar-refractivity contribution in [2.75, 3.05) is 5.32 Å². The van der Waals surface area contributed by atoms with Crippen molar-refractivity contribution in [3.05, 3.63) is 98.8 Å². The highest BCUT2D eigenvalue weighted by atomic mass is 35.5. The summed E-state index contributed by atoms with van der Waals surface area (Å²) in [6.45, 7) is 8.45. The minimum absolute atomic E-state index is 0.0496. The standard InChI is InChI=1S/C29H29ClN2O2/c1-17(2)21-11-8-12-22(18(3)4)28(21)32-26(33)16-24-27(19-9-6-5-7-10-19)23-15-20(30)13-14-25(23)31-29(24)34/h5-15,17-18H,16H2,1-4H3,(H,31,34)(H,32,33). The van der Waals surface area contributed by atoms with Gasteiger partial charge < -0.3 is 10.3 Å². The third kappa shape index (κ3) is 4.78. The van der Waals surface area contributed by atoms with Gasteiger partial charge in [0.05, 0.1) is 6.42 Å². The Bertz CT molecular complexity index is 1380. The molecule has 0 fully saturated rings. The van der Waals surface area contributed by atoms with Gasteiger partial charge in [-0.15, -0.1) is 0 Å². The quantitative estimate of drug-likeness (QED) is 0.310. The molecule has 0 unspecified atom stereocenters. The SMILES string of the molecule is CC(C)c1cccc(C(C)C)c1NC(=O)Cc1c(-c2ccccc2)c2cc(Cl)ccc2[nH]c1=O. The number of H-pyrrole nitrogens is 1. The first kappa shape index (κ1) is 23.8. The lowest BCUT2D eigenvalue weighted by Gasteiger charge is -2.20. The molecule has 1 aromatic heterocycles. The molecule has 34 heavy (non-hydrogen) atoms. The van der Waals surface area contributed by atoms with E-state index in [1.807, 2.05) is 54.6 Å². The normalized spacial score (nSPS) is 11.4. The molecule has 0 aliphatic heterocycles. The van der Waals surface area contributed by atoms with Gasteiger partial charge in [-0.25, -0.2) is 0 Å². The number of rotatable bonds is 6. The molecule has 2 N–H and O–H groups in total. The molecule has 0 bridgehead atoms. The molecule has 1 amide bonds. The highest BCUT2D eigenvalue weighted by Gasteiger charge is 2.20. The molecule has 1 heterocycles. The molecule has 0 aliphatic rings. The third-order valence-electron chi connectivity index (χ3n) is 6.11. The van der Waals surface area contributed by atoms with E-state index in [4.69, 9.17) is 11.6 Å². The summed E-state index contributed by atoms with van der Waals surface area (Å²) in [5, 5.41) is 4.52. The van der Waals surface area contributed by atoms with Crippen LogP contribution in [0.3, 0.4) is 0 Å². The Morgan fingerprint density at radius 3 is 2.18 bits per heavy atom. The summed E-state index contributed by atoms with van der Waals surface area (Å²) < 4.78 is 0. The predicted octanol–water partition coefficient (Wildman–Crippen LogP) is 7.28. The number of pyridine rings is 1. The average Bonchev–Trinajstić information content (AvgIpc) is 2.80. The van der Waals surface area contributed by atoms with Gasteiger partial charge in [0, 0.05) is 32.7 Å². The predicted molar refractivity (Wildman–Crippen MR) is 142 cm³/mol. The van der Waals surface area contributed by atoms with Crippen LogP contribution < -0.4 is 10.9 Å². The maximum Gasteiger partial charge on any atom is 0.252 e. The molecule has 4 rings (SSSR count). The van der Waals surface area contributed by atoms with E-state index in [2.05, 4.69) is 38.0 Å². The smallest absolute Gasteiger partial charge is 0.252 e. The first-order valence-corrected chi connectivity index (χ1v) is 12.0. The van der Waals surface area contributed by atoms with Crippen LogP contribution in [-0.2, 0) is 11.2 Å². The maximum atomic E-state index is 13.4. The molecule has 0 radical (unpaired) electrons. The molecule has 4 nitrogen and oxygen atoms in total. The molecule has 3 aromatic carbocycles. The Kier molecular flexibility index (Phi) is 6.90.